The number of aryl methyl sites for hydroxylation is 2. The first-order chi connectivity index (χ1) is 10.2. The molecule has 132 valence electrons. The first-order valence-electron chi connectivity index (χ1n) is 7.10. The van der Waals surface area contributed by atoms with E-state index < -0.39 is 10.2 Å². The monoisotopic (exact) mass is 455 g/mol. The number of benzene rings is 1. The van der Waals surface area contributed by atoms with Gasteiger partial charge in [0.25, 0.3) is 10.2 Å². The Labute approximate surface area is 155 Å². The molecule has 0 aliphatic rings. The Bertz CT molecular complexity index is 612. The lowest BCUT2D eigenvalue weighted by Crippen LogP contribution is -2.41. The van der Waals surface area contributed by atoms with Crippen LogP contribution in [0.25, 0.3) is 0 Å². The van der Waals surface area contributed by atoms with Crippen LogP contribution in [-0.4, -0.2) is 33.5 Å². The first-order valence-corrected chi connectivity index (χ1v) is 8.58. The number of hydrogen-bond donors (Lipinski definition) is 4. The van der Waals surface area contributed by atoms with E-state index in [9.17, 15) is 8.42 Å². The molecule has 1 aromatic carbocycles. The van der Waals surface area contributed by atoms with Gasteiger partial charge in [-0.15, -0.1) is 24.0 Å². The lowest BCUT2D eigenvalue weighted by atomic mass is 10.1. The summed E-state index contributed by atoms with van der Waals surface area (Å²) >= 11 is 0. The average molecular weight is 455 g/mol. The Morgan fingerprint density at radius 2 is 1.78 bits per heavy atom. The summed E-state index contributed by atoms with van der Waals surface area (Å²) in [5.74, 6) is 0.251. The van der Waals surface area contributed by atoms with Gasteiger partial charge in [-0.1, -0.05) is 6.07 Å². The summed E-state index contributed by atoms with van der Waals surface area (Å²) in [5.41, 5.74) is 8.90. The fraction of sp³-hybridized carbons (Fsp3) is 0.500. The largest absolute Gasteiger partial charge is 0.370 e. The minimum atomic E-state index is -3.48. The Hall–Kier alpha value is -0.910. The summed E-state index contributed by atoms with van der Waals surface area (Å²) < 4.78 is 27.9. The maximum Gasteiger partial charge on any atom is 0.277 e. The van der Waals surface area contributed by atoms with E-state index in [2.05, 4.69) is 25.8 Å². The van der Waals surface area contributed by atoms with Gasteiger partial charge in [-0.3, -0.25) is 4.99 Å². The van der Waals surface area contributed by atoms with Crippen molar-refractivity contribution in [2.45, 2.75) is 33.7 Å². The van der Waals surface area contributed by atoms with E-state index in [4.69, 9.17) is 5.73 Å². The molecule has 0 unspecified atom stereocenters. The van der Waals surface area contributed by atoms with Gasteiger partial charge in [-0.25, -0.2) is 4.72 Å². The number of nitrogens with two attached hydrogens (primary N) is 1. The van der Waals surface area contributed by atoms with Crippen molar-refractivity contribution in [3.63, 3.8) is 0 Å². The number of rotatable bonds is 7. The molecular weight excluding hydrogens is 429 g/mol. The van der Waals surface area contributed by atoms with E-state index in [1.54, 1.807) is 13.8 Å². The van der Waals surface area contributed by atoms with Gasteiger partial charge in [0.15, 0.2) is 5.96 Å². The van der Waals surface area contributed by atoms with Crippen LogP contribution in [0.2, 0.25) is 0 Å². The third-order valence-electron chi connectivity index (χ3n) is 2.57. The molecule has 0 aliphatic carbocycles. The van der Waals surface area contributed by atoms with E-state index in [0.717, 1.165) is 16.8 Å². The van der Waals surface area contributed by atoms with Gasteiger partial charge in [-0.05, 0) is 51.0 Å². The van der Waals surface area contributed by atoms with E-state index >= 15 is 0 Å². The average Bonchev–Trinajstić information content (AvgIpc) is 2.31. The molecule has 0 aromatic heterocycles. The summed E-state index contributed by atoms with van der Waals surface area (Å²) in [6, 6.07) is 5.84. The molecule has 0 atom stereocenters. The Balaban J connectivity index is 0.00000484. The molecule has 1 aromatic rings. The SMILES string of the molecule is Cc1cc(C)cc(NC(N)=NCCNS(=O)(=O)NC(C)C)c1.I. The molecule has 0 amide bonds. The predicted molar refractivity (Wildman–Crippen MR) is 107 cm³/mol. The highest BCUT2D eigenvalue weighted by Gasteiger charge is 2.09. The zero-order chi connectivity index (χ0) is 16.8. The summed E-state index contributed by atoms with van der Waals surface area (Å²) in [5, 5.41) is 2.99. The van der Waals surface area contributed by atoms with Crippen molar-refractivity contribution in [2.75, 3.05) is 18.4 Å². The van der Waals surface area contributed by atoms with Crippen LogP contribution < -0.4 is 20.5 Å². The highest BCUT2D eigenvalue weighted by molar-refractivity contribution is 14.0. The van der Waals surface area contributed by atoms with E-state index in [-0.39, 0.29) is 49.1 Å². The van der Waals surface area contributed by atoms with Crippen molar-refractivity contribution in [3.05, 3.63) is 29.3 Å². The fourth-order valence-corrected chi connectivity index (χ4v) is 3.01. The van der Waals surface area contributed by atoms with E-state index in [1.807, 2.05) is 26.0 Å². The zero-order valence-electron chi connectivity index (χ0n) is 13.9. The van der Waals surface area contributed by atoms with Crippen LogP contribution >= 0.6 is 24.0 Å². The smallest absolute Gasteiger partial charge is 0.277 e. The van der Waals surface area contributed by atoms with Crippen molar-refractivity contribution in [1.29, 1.82) is 0 Å². The number of anilines is 1. The topological polar surface area (TPSA) is 109 Å². The number of nitrogens with one attached hydrogen (secondary N) is 3. The van der Waals surface area contributed by atoms with Crippen LogP contribution in [0.3, 0.4) is 0 Å². The lowest BCUT2D eigenvalue weighted by Gasteiger charge is -2.10. The molecule has 0 saturated heterocycles. The zero-order valence-corrected chi connectivity index (χ0v) is 17.0. The molecule has 7 nitrogen and oxygen atoms in total. The highest BCUT2D eigenvalue weighted by Crippen LogP contribution is 2.13. The van der Waals surface area contributed by atoms with Gasteiger partial charge < -0.3 is 11.1 Å². The fourth-order valence-electron chi connectivity index (χ4n) is 1.94. The summed E-state index contributed by atoms with van der Waals surface area (Å²) in [6.07, 6.45) is 0. The second-order valence-electron chi connectivity index (χ2n) is 5.44. The molecule has 9 heteroatoms. The molecule has 0 heterocycles. The van der Waals surface area contributed by atoms with Crippen LogP contribution in [-0.2, 0) is 10.2 Å². The molecule has 0 spiro atoms. The second kappa shape index (κ2) is 10.1. The highest BCUT2D eigenvalue weighted by atomic mass is 127. The van der Waals surface area contributed by atoms with Crippen molar-refractivity contribution >= 4 is 45.8 Å². The number of aliphatic imine (C=N–C) groups is 1. The normalized spacial score (nSPS) is 12.1. The molecule has 0 fully saturated rings. The van der Waals surface area contributed by atoms with E-state index in [0.29, 0.717) is 0 Å². The van der Waals surface area contributed by atoms with Crippen molar-refractivity contribution in [1.82, 2.24) is 9.44 Å². The van der Waals surface area contributed by atoms with Crippen LogP contribution in [0.5, 0.6) is 0 Å². The van der Waals surface area contributed by atoms with E-state index in [1.165, 1.54) is 0 Å². The van der Waals surface area contributed by atoms with Crippen LogP contribution in [0, 0.1) is 13.8 Å². The van der Waals surface area contributed by atoms with Crippen LogP contribution in [0.15, 0.2) is 23.2 Å². The van der Waals surface area contributed by atoms with Crippen molar-refractivity contribution in [3.8, 4) is 0 Å². The standard InChI is InChI=1S/C14H25N5O2S.HI/c1-10(2)19-22(20,21)17-6-5-16-14(15)18-13-8-11(3)7-12(4)9-13;/h7-10,17,19H,5-6H2,1-4H3,(H3,15,16,18);1H. The summed E-state index contributed by atoms with van der Waals surface area (Å²) in [6.45, 7) is 7.94. The minimum Gasteiger partial charge on any atom is -0.370 e. The molecule has 0 bridgehead atoms. The van der Waals surface area contributed by atoms with Gasteiger partial charge in [0.1, 0.15) is 0 Å². The molecule has 23 heavy (non-hydrogen) atoms. The third kappa shape index (κ3) is 9.74. The quantitative estimate of drug-likeness (QED) is 0.216. The van der Waals surface area contributed by atoms with Gasteiger partial charge in [0, 0.05) is 18.3 Å². The number of hydrogen-bond acceptors (Lipinski definition) is 3. The van der Waals surface area contributed by atoms with Crippen molar-refractivity contribution < 1.29 is 8.42 Å². The minimum absolute atomic E-state index is 0. The molecule has 0 aliphatic heterocycles. The number of halogens is 1. The Kier molecular flexibility index (Phi) is 9.66. The van der Waals surface area contributed by atoms with Gasteiger partial charge in [-0.2, -0.15) is 13.1 Å². The summed E-state index contributed by atoms with van der Waals surface area (Å²) in [4.78, 5) is 4.09. The first kappa shape index (κ1) is 22.1. The maximum absolute atomic E-state index is 11.5. The molecule has 5 N–H and O–H groups in total. The molecular formula is C14H26IN5O2S. The number of guanidine groups is 1. The van der Waals surface area contributed by atoms with Crippen LogP contribution in [0.4, 0.5) is 5.69 Å². The molecule has 0 radical (unpaired) electrons. The van der Waals surface area contributed by atoms with Gasteiger partial charge in [0.2, 0.25) is 0 Å². The second-order valence-corrected chi connectivity index (χ2v) is 6.97. The van der Waals surface area contributed by atoms with Gasteiger partial charge >= 0.3 is 0 Å². The third-order valence-corrected chi connectivity index (χ3v) is 3.94. The predicted octanol–water partition coefficient (Wildman–Crippen LogP) is 1.48. The molecule has 0 saturated carbocycles. The Morgan fingerprint density at radius 3 is 2.30 bits per heavy atom. The summed E-state index contributed by atoms with van der Waals surface area (Å²) in [7, 11) is -3.48. The van der Waals surface area contributed by atoms with Crippen molar-refractivity contribution in [2.24, 2.45) is 10.7 Å². The van der Waals surface area contributed by atoms with Gasteiger partial charge in [0.05, 0.1) is 6.54 Å². The number of nitrogens with zero attached hydrogens (tertiary/aromatic N) is 1. The maximum atomic E-state index is 11.5. The Morgan fingerprint density at radius 1 is 1.22 bits per heavy atom. The molecule has 1 rings (SSSR count). The van der Waals surface area contributed by atoms with Crippen LogP contribution in [0.1, 0.15) is 25.0 Å². The lowest BCUT2D eigenvalue weighted by molar-refractivity contribution is 0.555.